The Hall–Kier alpha value is -0.490. The predicted octanol–water partition coefficient (Wildman–Crippen LogP) is 4.04. The highest BCUT2D eigenvalue weighted by molar-refractivity contribution is 5.81. The highest BCUT2D eigenvalue weighted by Gasteiger charge is 2.24. The van der Waals surface area contributed by atoms with Crippen LogP contribution in [-0.4, -0.2) is 64.0 Å². The summed E-state index contributed by atoms with van der Waals surface area (Å²) in [6.07, 6.45) is 12.7. The molecule has 1 aliphatic rings. The first-order chi connectivity index (χ1) is 12.6. The highest BCUT2D eigenvalue weighted by Crippen LogP contribution is 2.20. The number of likely N-dealkylation sites (N-methyl/N-ethyl adjacent to an activating group) is 1. The maximum absolute atomic E-state index is 11.1. The van der Waals surface area contributed by atoms with Gasteiger partial charge in [0.1, 0.15) is 13.2 Å². The van der Waals surface area contributed by atoms with Crippen molar-refractivity contribution in [1.82, 2.24) is 4.90 Å². The number of hydrogen-bond donors (Lipinski definition) is 0. The number of nitrogens with zero attached hydrogens (tertiary/aromatic N) is 1. The van der Waals surface area contributed by atoms with Gasteiger partial charge in [-0.25, -0.2) is 0 Å². The lowest BCUT2D eigenvalue weighted by molar-refractivity contribution is -0.202. The van der Waals surface area contributed by atoms with Crippen molar-refractivity contribution in [2.75, 3.05) is 47.1 Å². The van der Waals surface area contributed by atoms with Crippen LogP contribution in [0.3, 0.4) is 0 Å². The van der Waals surface area contributed by atoms with E-state index in [9.17, 15) is 4.79 Å². The molecule has 1 rings (SSSR count). The molecule has 1 fully saturated rings. The molecule has 0 amide bonds. The molecule has 1 unspecified atom stereocenters. The van der Waals surface area contributed by atoms with E-state index in [1.165, 1.54) is 57.8 Å². The minimum absolute atomic E-state index is 0.0466. The monoisotopic (exact) mass is 371 g/mol. The second-order valence-electron chi connectivity index (χ2n) is 7.89. The maximum atomic E-state index is 11.1. The zero-order valence-electron chi connectivity index (χ0n) is 17.3. The van der Waals surface area contributed by atoms with Crippen LogP contribution in [0.4, 0.5) is 0 Å². The lowest BCUT2D eigenvalue weighted by Crippen LogP contribution is -2.36. The van der Waals surface area contributed by atoms with E-state index < -0.39 is 0 Å². The normalized spacial score (nSPS) is 17.2. The van der Waals surface area contributed by atoms with Gasteiger partial charge in [0.15, 0.2) is 12.1 Å². The Morgan fingerprint density at radius 2 is 1.46 bits per heavy atom. The Morgan fingerprint density at radius 3 is 2.04 bits per heavy atom. The van der Waals surface area contributed by atoms with Crippen LogP contribution in [0.2, 0.25) is 0 Å². The van der Waals surface area contributed by atoms with Crippen molar-refractivity contribution in [1.29, 1.82) is 0 Å². The van der Waals surface area contributed by atoms with Crippen LogP contribution < -0.4 is 0 Å². The van der Waals surface area contributed by atoms with Crippen molar-refractivity contribution >= 4 is 5.78 Å². The molecule has 154 valence electrons. The van der Waals surface area contributed by atoms with E-state index in [0.29, 0.717) is 5.92 Å². The van der Waals surface area contributed by atoms with Gasteiger partial charge in [-0.15, -0.1) is 0 Å². The van der Waals surface area contributed by atoms with Crippen LogP contribution in [0.1, 0.15) is 71.1 Å². The summed E-state index contributed by atoms with van der Waals surface area (Å²) in [6, 6.07) is 0. The van der Waals surface area contributed by atoms with Crippen molar-refractivity contribution < 1.29 is 19.0 Å². The zero-order valence-corrected chi connectivity index (χ0v) is 17.3. The molecule has 1 atom stereocenters. The van der Waals surface area contributed by atoms with Gasteiger partial charge < -0.3 is 19.1 Å². The largest absolute Gasteiger partial charge is 0.380 e. The molecule has 0 radical (unpaired) electrons. The first kappa shape index (κ1) is 23.5. The molecule has 0 aromatic heterocycles. The lowest BCUT2D eigenvalue weighted by Gasteiger charge is -2.27. The van der Waals surface area contributed by atoms with Crippen molar-refractivity contribution in [3.8, 4) is 0 Å². The number of carbonyl (C=O) groups excluding carboxylic acids is 1. The Balaban J connectivity index is 1.77. The molecule has 1 saturated heterocycles. The van der Waals surface area contributed by atoms with Crippen molar-refractivity contribution in [3.63, 3.8) is 0 Å². The van der Waals surface area contributed by atoms with Crippen LogP contribution in [-0.2, 0) is 19.0 Å². The number of rotatable bonds is 16. The average molecular weight is 372 g/mol. The molecule has 0 saturated carbocycles. The third kappa shape index (κ3) is 12.8. The van der Waals surface area contributed by atoms with Crippen molar-refractivity contribution in [2.45, 2.75) is 77.4 Å². The number of carbonyl (C=O) groups is 1. The van der Waals surface area contributed by atoms with Crippen molar-refractivity contribution in [3.05, 3.63) is 0 Å². The second-order valence-corrected chi connectivity index (χ2v) is 7.89. The van der Waals surface area contributed by atoms with Gasteiger partial charge in [0.05, 0.1) is 6.61 Å². The number of unbranched alkanes of at least 4 members (excludes halogenated alkanes) is 8. The molecule has 0 aliphatic carbocycles. The predicted molar refractivity (Wildman–Crippen MR) is 105 cm³/mol. The van der Waals surface area contributed by atoms with Gasteiger partial charge in [-0.2, -0.15) is 0 Å². The molecule has 0 spiro atoms. The molecule has 0 aromatic rings. The van der Waals surface area contributed by atoms with Crippen LogP contribution in [0.5, 0.6) is 0 Å². The number of Topliss-reactive ketones (excluding diaryl/α,β-unsaturated/α-hetero) is 1. The minimum Gasteiger partial charge on any atom is -0.380 e. The third-order valence-electron chi connectivity index (χ3n) is 4.91. The van der Waals surface area contributed by atoms with Crippen LogP contribution >= 0.6 is 0 Å². The van der Waals surface area contributed by atoms with Gasteiger partial charge in [0, 0.05) is 19.1 Å². The van der Waals surface area contributed by atoms with Gasteiger partial charge in [0.2, 0.25) is 0 Å². The zero-order chi connectivity index (χ0) is 19.0. The second kappa shape index (κ2) is 15.6. The Morgan fingerprint density at radius 1 is 0.923 bits per heavy atom. The molecular formula is C21H41NO4. The topological polar surface area (TPSA) is 48.0 Å². The standard InChI is InChI=1S/C21H41NO4/c1-19(21-25-17-20(23)18-26-21)13-11-9-7-5-4-6-8-10-12-15-24-16-14-22(2)3/h19,21H,4-18H2,1-3H3. The summed E-state index contributed by atoms with van der Waals surface area (Å²) in [7, 11) is 4.15. The van der Waals surface area contributed by atoms with E-state index >= 15 is 0 Å². The minimum atomic E-state index is -0.181. The van der Waals surface area contributed by atoms with E-state index in [0.717, 1.165) is 26.2 Å². The van der Waals surface area contributed by atoms with E-state index in [1.807, 2.05) is 0 Å². The van der Waals surface area contributed by atoms with E-state index in [2.05, 4.69) is 25.9 Å². The number of ether oxygens (including phenoxy) is 3. The summed E-state index contributed by atoms with van der Waals surface area (Å²) in [5, 5.41) is 0. The summed E-state index contributed by atoms with van der Waals surface area (Å²) in [5.41, 5.74) is 0. The van der Waals surface area contributed by atoms with E-state index in [4.69, 9.17) is 14.2 Å². The van der Waals surface area contributed by atoms with E-state index in [-0.39, 0.29) is 25.3 Å². The number of hydrogen-bond acceptors (Lipinski definition) is 5. The molecule has 5 nitrogen and oxygen atoms in total. The fraction of sp³-hybridized carbons (Fsp3) is 0.952. The highest BCUT2D eigenvalue weighted by atomic mass is 16.7. The Bertz CT molecular complexity index is 339. The molecular weight excluding hydrogens is 330 g/mol. The first-order valence-corrected chi connectivity index (χ1v) is 10.6. The van der Waals surface area contributed by atoms with E-state index in [1.54, 1.807) is 0 Å². The molecule has 0 N–H and O–H groups in total. The van der Waals surface area contributed by atoms with Crippen LogP contribution in [0.25, 0.3) is 0 Å². The molecule has 1 heterocycles. The third-order valence-corrected chi connectivity index (χ3v) is 4.91. The maximum Gasteiger partial charge on any atom is 0.184 e. The van der Waals surface area contributed by atoms with Gasteiger partial charge in [-0.3, -0.25) is 4.79 Å². The SMILES string of the molecule is CC(CCCCCCCCCCCOCCN(C)C)C1OCC(=O)CO1. The summed E-state index contributed by atoms with van der Waals surface area (Å²) in [6.45, 7) is 5.37. The summed E-state index contributed by atoms with van der Waals surface area (Å²) in [5.74, 6) is 0.424. The summed E-state index contributed by atoms with van der Waals surface area (Å²) >= 11 is 0. The average Bonchev–Trinajstić information content (AvgIpc) is 2.62. The molecule has 0 bridgehead atoms. The molecule has 0 aromatic carbocycles. The molecule has 26 heavy (non-hydrogen) atoms. The fourth-order valence-corrected chi connectivity index (χ4v) is 3.16. The van der Waals surface area contributed by atoms with Gasteiger partial charge in [0.25, 0.3) is 0 Å². The lowest BCUT2D eigenvalue weighted by atomic mass is 10.0. The summed E-state index contributed by atoms with van der Waals surface area (Å²) in [4.78, 5) is 13.2. The Kier molecular flexibility index (Phi) is 14.1. The Labute approximate surface area is 160 Å². The molecule has 1 aliphatic heterocycles. The van der Waals surface area contributed by atoms with Crippen molar-refractivity contribution in [2.24, 2.45) is 5.92 Å². The summed E-state index contributed by atoms with van der Waals surface area (Å²) < 4.78 is 16.5. The molecule has 5 heteroatoms. The van der Waals surface area contributed by atoms with Gasteiger partial charge >= 0.3 is 0 Å². The first-order valence-electron chi connectivity index (χ1n) is 10.6. The van der Waals surface area contributed by atoms with Gasteiger partial charge in [-0.05, 0) is 26.9 Å². The fourth-order valence-electron chi connectivity index (χ4n) is 3.16. The van der Waals surface area contributed by atoms with Crippen LogP contribution in [0.15, 0.2) is 0 Å². The van der Waals surface area contributed by atoms with Gasteiger partial charge in [-0.1, -0.05) is 58.3 Å². The smallest absolute Gasteiger partial charge is 0.184 e. The number of ketones is 1. The van der Waals surface area contributed by atoms with Crippen LogP contribution in [0, 0.1) is 5.92 Å². The quantitative estimate of drug-likeness (QED) is 0.383.